The number of benzene rings is 1. The molecule has 2 aliphatic rings. The van der Waals surface area contributed by atoms with E-state index in [0.29, 0.717) is 5.70 Å². The Morgan fingerprint density at radius 3 is 2.19 bits per heavy atom. The molecule has 1 fully saturated rings. The van der Waals surface area contributed by atoms with Gasteiger partial charge < -0.3 is 20.6 Å². The zero-order chi connectivity index (χ0) is 31.4. The van der Waals surface area contributed by atoms with Gasteiger partial charge in [-0.2, -0.15) is 13.2 Å². The van der Waals surface area contributed by atoms with Gasteiger partial charge in [0, 0.05) is 17.5 Å². The number of hydrogen-bond acceptors (Lipinski definition) is 4. The summed E-state index contributed by atoms with van der Waals surface area (Å²) in [5.74, 6) is 0. The zero-order valence-electron chi connectivity index (χ0n) is 25.5. The molecule has 2 atom stereocenters. The third kappa shape index (κ3) is 13.9. The van der Waals surface area contributed by atoms with E-state index in [-0.39, 0.29) is 12.6 Å². The van der Waals surface area contributed by atoms with Gasteiger partial charge in [-0.05, 0) is 89.2 Å². The first-order valence-corrected chi connectivity index (χ1v) is 14.6. The van der Waals surface area contributed by atoms with Gasteiger partial charge in [0.1, 0.15) is 6.17 Å². The number of rotatable bonds is 10. The highest BCUT2D eigenvalue weighted by Crippen LogP contribution is 2.28. The molecule has 2 unspecified atom stereocenters. The van der Waals surface area contributed by atoms with Crippen LogP contribution in [0.4, 0.5) is 18.9 Å². The highest BCUT2D eigenvalue weighted by atomic mass is 19.4. The van der Waals surface area contributed by atoms with Crippen molar-refractivity contribution in [3.63, 3.8) is 0 Å². The zero-order valence-corrected chi connectivity index (χ0v) is 25.5. The van der Waals surface area contributed by atoms with Crippen molar-refractivity contribution < 1.29 is 18.3 Å². The van der Waals surface area contributed by atoms with E-state index < -0.39 is 17.9 Å². The van der Waals surface area contributed by atoms with Gasteiger partial charge in [0.05, 0.1) is 11.8 Å². The molecular weight excluding hydrogens is 535 g/mol. The Kier molecular flexibility index (Phi) is 17.8. The van der Waals surface area contributed by atoms with Gasteiger partial charge >= 0.3 is 6.18 Å². The third-order valence-electron chi connectivity index (χ3n) is 6.66. The molecule has 0 saturated carbocycles. The van der Waals surface area contributed by atoms with Gasteiger partial charge in [-0.25, -0.2) is 0 Å². The molecule has 42 heavy (non-hydrogen) atoms. The van der Waals surface area contributed by atoms with Crippen LogP contribution in [0.2, 0.25) is 0 Å². The molecule has 0 radical (unpaired) electrons. The van der Waals surface area contributed by atoms with Crippen LogP contribution in [-0.4, -0.2) is 36.6 Å². The van der Waals surface area contributed by atoms with Crippen molar-refractivity contribution in [2.24, 2.45) is 0 Å². The van der Waals surface area contributed by atoms with Gasteiger partial charge in [-0.15, -0.1) is 12.8 Å². The number of piperidine rings is 1. The molecule has 1 aromatic carbocycles. The minimum Gasteiger partial charge on any atom is -0.387 e. The molecule has 0 aliphatic carbocycles. The molecule has 0 aromatic heterocycles. The predicted octanol–water partition coefficient (Wildman–Crippen LogP) is 8.12. The highest BCUT2D eigenvalue weighted by Gasteiger charge is 2.29. The molecule has 1 aromatic rings. The Balaban J connectivity index is 0.000000959. The Hall–Kier alpha value is -3.47. The van der Waals surface area contributed by atoms with Crippen LogP contribution in [0.5, 0.6) is 0 Å². The van der Waals surface area contributed by atoms with Crippen molar-refractivity contribution in [2.45, 2.75) is 84.7 Å². The maximum absolute atomic E-state index is 12.6. The Morgan fingerprint density at radius 2 is 1.67 bits per heavy atom. The SMILES string of the molecule is C#C.C1CCNCC1.CC/C=C\C=C/Cc1ccc(N2C=C(C(C)O)NC2/C(C)=C/C=C/C/C=C(\C)C(F)(F)F)cc1. The van der Waals surface area contributed by atoms with Crippen LogP contribution in [0, 0.1) is 12.8 Å². The molecule has 2 aliphatic heterocycles. The Bertz CT molecular complexity index is 1090. The van der Waals surface area contributed by atoms with Gasteiger partial charge in [-0.1, -0.05) is 74.1 Å². The first kappa shape index (κ1) is 36.6. The van der Waals surface area contributed by atoms with E-state index in [1.54, 1.807) is 19.1 Å². The average molecular weight is 584 g/mol. The lowest BCUT2D eigenvalue weighted by atomic mass is 10.1. The van der Waals surface area contributed by atoms with Gasteiger partial charge in [0.25, 0.3) is 0 Å². The number of alkyl halides is 3. The quantitative estimate of drug-likeness (QED) is 0.148. The van der Waals surface area contributed by atoms with Gasteiger partial charge in [0.15, 0.2) is 0 Å². The van der Waals surface area contributed by atoms with Crippen molar-refractivity contribution in [3.8, 4) is 12.8 Å². The molecule has 0 spiro atoms. The highest BCUT2D eigenvalue weighted by molar-refractivity contribution is 5.56. The van der Waals surface area contributed by atoms with Crippen LogP contribution in [0.25, 0.3) is 0 Å². The van der Waals surface area contributed by atoms with Crippen molar-refractivity contribution in [1.82, 2.24) is 10.6 Å². The molecule has 3 rings (SSSR count). The normalized spacial score (nSPS) is 18.8. The second-order valence-corrected chi connectivity index (χ2v) is 10.1. The fourth-order valence-corrected chi connectivity index (χ4v) is 4.13. The third-order valence-corrected chi connectivity index (χ3v) is 6.66. The minimum atomic E-state index is -4.28. The summed E-state index contributed by atoms with van der Waals surface area (Å²) in [6.07, 6.45) is 25.9. The summed E-state index contributed by atoms with van der Waals surface area (Å²) in [6.45, 7) is 9.33. The number of allylic oxidation sites excluding steroid dienone is 9. The summed E-state index contributed by atoms with van der Waals surface area (Å²) in [4.78, 5) is 2.05. The summed E-state index contributed by atoms with van der Waals surface area (Å²) < 4.78 is 37.7. The number of halogens is 3. The van der Waals surface area contributed by atoms with Crippen molar-refractivity contribution in [2.75, 3.05) is 18.0 Å². The second kappa shape index (κ2) is 20.4. The molecule has 3 N–H and O–H groups in total. The number of nitrogens with one attached hydrogen (secondary N) is 2. The summed E-state index contributed by atoms with van der Waals surface area (Å²) in [7, 11) is 0. The molecule has 0 amide bonds. The lowest BCUT2D eigenvalue weighted by Gasteiger charge is -2.27. The van der Waals surface area contributed by atoms with Crippen LogP contribution in [0.15, 0.2) is 95.9 Å². The van der Waals surface area contributed by atoms with Gasteiger partial charge in [-0.3, -0.25) is 0 Å². The summed E-state index contributed by atoms with van der Waals surface area (Å²) in [6, 6.07) is 8.27. The summed E-state index contributed by atoms with van der Waals surface area (Å²) >= 11 is 0. The van der Waals surface area contributed by atoms with E-state index in [1.165, 1.54) is 44.0 Å². The van der Waals surface area contributed by atoms with E-state index in [0.717, 1.165) is 31.0 Å². The molecule has 4 nitrogen and oxygen atoms in total. The number of aliphatic hydroxyl groups is 1. The monoisotopic (exact) mass is 583 g/mol. The topological polar surface area (TPSA) is 47.5 Å². The number of terminal acetylenes is 1. The lowest BCUT2D eigenvalue weighted by Crippen LogP contribution is -2.38. The van der Waals surface area contributed by atoms with Crippen LogP contribution < -0.4 is 15.5 Å². The van der Waals surface area contributed by atoms with Crippen molar-refractivity contribution >= 4 is 5.69 Å². The summed E-state index contributed by atoms with van der Waals surface area (Å²) in [5, 5.41) is 16.7. The lowest BCUT2D eigenvalue weighted by molar-refractivity contribution is -0.0915. The fourth-order valence-electron chi connectivity index (χ4n) is 4.13. The van der Waals surface area contributed by atoms with Crippen LogP contribution in [0.1, 0.15) is 65.4 Å². The fraction of sp³-hybridized carbons (Fsp3) is 0.429. The molecule has 1 saturated heterocycles. The molecule has 7 heteroatoms. The molecule has 230 valence electrons. The van der Waals surface area contributed by atoms with Crippen LogP contribution in [0.3, 0.4) is 0 Å². The second-order valence-electron chi connectivity index (χ2n) is 10.1. The minimum absolute atomic E-state index is 0.202. The Morgan fingerprint density at radius 1 is 1.02 bits per heavy atom. The van der Waals surface area contributed by atoms with E-state index in [4.69, 9.17) is 0 Å². The molecular formula is C35H48F3N3O. The largest absolute Gasteiger partial charge is 0.412 e. The molecule has 2 heterocycles. The van der Waals surface area contributed by atoms with E-state index >= 15 is 0 Å². The Labute approximate surface area is 251 Å². The maximum atomic E-state index is 12.6. The van der Waals surface area contributed by atoms with Crippen LogP contribution in [-0.2, 0) is 6.42 Å². The van der Waals surface area contributed by atoms with Crippen molar-refractivity contribution in [3.05, 3.63) is 101 Å². The predicted molar refractivity (Wildman–Crippen MR) is 172 cm³/mol. The number of nitrogens with zero attached hydrogens (tertiary/aromatic N) is 1. The van der Waals surface area contributed by atoms with E-state index in [9.17, 15) is 18.3 Å². The average Bonchev–Trinajstić information content (AvgIpc) is 3.45. The van der Waals surface area contributed by atoms with E-state index in [2.05, 4.69) is 83.9 Å². The number of anilines is 1. The molecule has 0 bridgehead atoms. The summed E-state index contributed by atoms with van der Waals surface area (Å²) in [5.41, 5.74) is 3.26. The first-order chi connectivity index (χ1) is 20.1. The standard InChI is InChI=1S/C28H35F3N2O.C5H11N.C2H2/c1-5-6-7-8-12-15-24-16-18-25(19-17-24)33-20-26(23(4)34)32-27(33)21(2)13-10-9-11-14-22(3)28(29,30)31;1-2-4-6-5-3-1;1-2/h6-10,12-14,16-20,23,27,32,34H,5,11,15H2,1-4H3;6H,1-5H2;1-2H/b7-6-,10-9+,12-8-,21-13+,22-14+;;. The first-order valence-electron chi connectivity index (χ1n) is 14.6. The number of aliphatic hydroxyl groups excluding tert-OH is 1. The maximum Gasteiger partial charge on any atom is 0.412 e. The smallest absolute Gasteiger partial charge is 0.387 e. The van der Waals surface area contributed by atoms with Crippen LogP contribution >= 0.6 is 0 Å². The van der Waals surface area contributed by atoms with Gasteiger partial charge in [0.2, 0.25) is 0 Å². The van der Waals surface area contributed by atoms with Crippen molar-refractivity contribution in [1.29, 1.82) is 0 Å². The number of hydrogen-bond donors (Lipinski definition) is 3. The van der Waals surface area contributed by atoms with E-state index in [1.807, 2.05) is 19.2 Å².